The molecule has 6 aliphatic heterocycles. The topological polar surface area (TPSA) is 181 Å². The third-order valence-corrected chi connectivity index (χ3v) is 10.9. The third kappa shape index (κ3) is 8.72. The number of nitrogens with one attached hydrogen (secondary N) is 3. The zero-order valence-electron chi connectivity index (χ0n) is 32.5. The number of imide groups is 2. The van der Waals surface area contributed by atoms with Crippen LogP contribution in [0.3, 0.4) is 0 Å². The van der Waals surface area contributed by atoms with Crippen molar-refractivity contribution in [3.05, 3.63) is 58.2 Å². The minimum atomic E-state index is -0.739. The van der Waals surface area contributed by atoms with E-state index in [1.165, 1.54) is 21.9 Å². The van der Waals surface area contributed by atoms with Gasteiger partial charge in [0.05, 0.1) is 11.4 Å². The Labute approximate surface area is 339 Å². The first kappa shape index (κ1) is 42.3. The Bertz CT molecular complexity index is 2030. The minimum absolute atomic E-state index is 0. The molecule has 312 valence electrons. The van der Waals surface area contributed by atoms with Gasteiger partial charge in [0.15, 0.2) is 0 Å². The van der Waals surface area contributed by atoms with Gasteiger partial charge in [-0.05, 0) is 69.0 Å². The van der Waals surface area contributed by atoms with Gasteiger partial charge in [0.2, 0.25) is 23.6 Å². The molecular formula is C39H47ClF2N8O8. The molecule has 6 heterocycles. The Balaban J connectivity index is 0.000000198. The van der Waals surface area contributed by atoms with Gasteiger partial charge >= 0.3 is 6.09 Å². The van der Waals surface area contributed by atoms with Crippen LogP contribution in [0.1, 0.15) is 78.3 Å². The Kier molecular flexibility index (Phi) is 12.3. The molecule has 2 aromatic rings. The van der Waals surface area contributed by atoms with Crippen LogP contribution < -0.4 is 25.8 Å². The second-order valence-corrected chi connectivity index (χ2v) is 15.9. The molecule has 0 aromatic heterocycles. The first-order valence-corrected chi connectivity index (χ1v) is 19.2. The maximum Gasteiger partial charge on any atom is 0.410 e. The molecule has 0 spiro atoms. The zero-order valence-corrected chi connectivity index (χ0v) is 33.3. The summed E-state index contributed by atoms with van der Waals surface area (Å²) in [5.41, 5.74) is 2.20. The van der Waals surface area contributed by atoms with Crippen molar-refractivity contribution in [2.75, 3.05) is 62.2 Å². The van der Waals surface area contributed by atoms with Crippen LogP contribution in [0, 0.1) is 11.6 Å². The molecular weight excluding hydrogens is 782 g/mol. The van der Waals surface area contributed by atoms with Crippen molar-refractivity contribution in [2.24, 2.45) is 0 Å². The van der Waals surface area contributed by atoms with Crippen LogP contribution >= 0.6 is 12.4 Å². The lowest BCUT2D eigenvalue weighted by Crippen LogP contribution is -2.52. The monoisotopic (exact) mass is 828 g/mol. The van der Waals surface area contributed by atoms with Crippen molar-refractivity contribution in [3.8, 4) is 0 Å². The number of benzene rings is 2. The minimum Gasteiger partial charge on any atom is -0.444 e. The van der Waals surface area contributed by atoms with E-state index in [1.807, 2.05) is 9.80 Å². The highest BCUT2D eigenvalue weighted by atomic mass is 35.5. The van der Waals surface area contributed by atoms with Gasteiger partial charge in [0.1, 0.15) is 29.3 Å². The van der Waals surface area contributed by atoms with Crippen LogP contribution in [0.4, 0.5) is 25.0 Å². The number of carbonyl (C=O) groups excluding carboxylic acids is 7. The summed E-state index contributed by atoms with van der Waals surface area (Å²) >= 11 is 0. The Hall–Kier alpha value is -5.36. The Morgan fingerprint density at radius 2 is 1.10 bits per heavy atom. The van der Waals surface area contributed by atoms with Crippen LogP contribution in [-0.2, 0) is 37.0 Å². The zero-order chi connectivity index (χ0) is 40.8. The molecule has 3 N–H and O–H groups in total. The average Bonchev–Trinajstić information content (AvgIpc) is 3.65. The van der Waals surface area contributed by atoms with E-state index in [0.29, 0.717) is 68.2 Å². The largest absolute Gasteiger partial charge is 0.444 e. The Morgan fingerprint density at radius 1 is 0.672 bits per heavy atom. The number of rotatable bonds is 4. The fourth-order valence-electron chi connectivity index (χ4n) is 8.00. The summed E-state index contributed by atoms with van der Waals surface area (Å²) < 4.78 is 34.9. The van der Waals surface area contributed by atoms with Gasteiger partial charge in [-0.2, -0.15) is 0 Å². The SMILES string of the molecule is CC(C)(C)OC(=O)N1CCN(c2cc3c(cc2F)C(=O)N(C2CCC(=O)NC2=O)C3)CC1.Cl.O=C1CCC(N2Cc3cc(N4CCNCC4)c(F)cc3C2=O)C(=O)N1. The van der Waals surface area contributed by atoms with Crippen molar-refractivity contribution in [2.45, 2.75) is 77.2 Å². The number of amides is 7. The molecule has 8 rings (SSSR count). The van der Waals surface area contributed by atoms with Crippen molar-refractivity contribution in [1.82, 2.24) is 30.7 Å². The van der Waals surface area contributed by atoms with E-state index in [2.05, 4.69) is 16.0 Å². The van der Waals surface area contributed by atoms with Crippen molar-refractivity contribution in [1.29, 1.82) is 0 Å². The van der Waals surface area contributed by atoms with Crippen LogP contribution in [0.2, 0.25) is 0 Å². The Morgan fingerprint density at radius 3 is 1.52 bits per heavy atom. The summed E-state index contributed by atoms with van der Waals surface area (Å²) in [7, 11) is 0. The fourth-order valence-corrected chi connectivity index (χ4v) is 8.00. The molecule has 0 aliphatic carbocycles. The van der Waals surface area contributed by atoms with Crippen LogP contribution in [0.25, 0.3) is 0 Å². The summed E-state index contributed by atoms with van der Waals surface area (Å²) in [5.74, 6) is -3.33. The lowest BCUT2D eigenvalue weighted by molar-refractivity contribution is -0.138. The van der Waals surface area contributed by atoms with Crippen molar-refractivity contribution in [3.63, 3.8) is 0 Å². The lowest BCUT2D eigenvalue weighted by Gasteiger charge is -2.37. The average molecular weight is 829 g/mol. The van der Waals surface area contributed by atoms with E-state index >= 15 is 0 Å². The van der Waals surface area contributed by atoms with E-state index in [4.69, 9.17) is 4.74 Å². The molecule has 0 bridgehead atoms. The highest BCUT2D eigenvalue weighted by Gasteiger charge is 2.41. The summed E-state index contributed by atoms with van der Waals surface area (Å²) in [6.45, 7) is 10.5. The third-order valence-electron chi connectivity index (χ3n) is 10.9. The fraction of sp³-hybridized carbons (Fsp3) is 0.513. The maximum atomic E-state index is 14.9. The van der Waals surface area contributed by atoms with E-state index in [-0.39, 0.29) is 68.0 Å². The number of halogens is 3. The number of piperazine rings is 2. The molecule has 7 amide bonds. The summed E-state index contributed by atoms with van der Waals surface area (Å²) in [5, 5.41) is 7.75. The number of nitrogens with zero attached hydrogens (tertiary/aromatic N) is 5. The van der Waals surface area contributed by atoms with Gasteiger partial charge in [0, 0.05) is 89.4 Å². The van der Waals surface area contributed by atoms with Crippen LogP contribution in [-0.4, -0.2) is 126 Å². The molecule has 4 saturated heterocycles. The van der Waals surface area contributed by atoms with Crippen molar-refractivity contribution >= 4 is 65.3 Å². The quantitative estimate of drug-likeness (QED) is 0.384. The van der Waals surface area contributed by atoms with Gasteiger partial charge in [-0.1, -0.05) is 0 Å². The highest BCUT2D eigenvalue weighted by Crippen LogP contribution is 2.34. The van der Waals surface area contributed by atoms with Gasteiger partial charge in [-0.3, -0.25) is 39.4 Å². The molecule has 0 saturated carbocycles. The number of hydrogen-bond donors (Lipinski definition) is 3. The molecule has 58 heavy (non-hydrogen) atoms. The van der Waals surface area contributed by atoms with Crippen LogP contribution in [0.5, 0.6) is 0 Å². The molecule has 2 unspecified atom stereocenters. The highest BCUT2D eigenvalue weighted by molar-refractivity contribution is 6.06. The molecule has 4 fully saturated rings. The predicted molar refractivity (Wildman–Crippen MR) is 207 cm³/mol. The summed E-state index contributed by atoms with van der Waals surface area (Å²) in [4.78, 5) is 92.9. The number of ether oxygens (including phenoxy) is 1. The first-order chi connectivity index (χ1) is 27.1. The lowest BCUT2D eigenvalue weighted by atomic mass is 10.0. The van der Waals surface area contributed by atoms with E-state index in [1.54, 1.807) is 37.8 Å². The standard InChI is InChI=1S/C22H27FN4O5.C17H19FN4O3.ClH/c1-22(2,3)32-21(31)26-8-6-25(7-9-26)17-10-13-12-27(20(30)14(13)11-15(17)23)16-4-5-18(28)24-19(16)29;18-12-8-11-10(7-14(12)21-5-3-19-4-6-21)9-22(17(11)25)13-1-2-15(23)20-16(13)24;/h10-11,16H,4-9,12H2,1-3H3,(H,24,28,29);7-8,13,19H,1-6,9H2,(H,20,23,24);1H. The number of anilines is 2. The van der Waals surface area contributed by atoms with Gasteiger partial charge < -0.3 is 34.6 Å². The molecule has 16 nitrogen and oxygen atoms in total. The molecule has 6 aliphatic rings. The second kappa shape index (κ2) is 16.9. The van der Waals surface area contributed by atoms with E-state index < -0.39 is 53.1 Å². The van der Waals surface area contributed by atoms with Gasteiger partial charge in [-0.15, -0.1) is 12.4 Å². The maximum absolute atomic E-state index is 14.9. The molecule has 2 aromatic carbocycles. The van der Waals surface area contributed by atoms with E-state index in [0.717, 1.165) is 18.7 Å². The van der Waals surface area contributed by atoms with E-state index in [9.17, 15) is 42.3 Å². The number of fused-ring (bicyclic) bond motifs is 2. The number of carbonyl (C=O) groups is 7. The summed E-state index contributed by atoms with van der Waals surface area (Å²) in [6, 6.07) is 4.46. The molecule has 19 heteroatoms. The van der Waals surface area contributed by atoms with Gasteiger partial charge in [0.25, 0.3) is 11.8 Å². The van der Waals surface area contributed by atoms with Gasteiger partial charge in [-0.25, -0.2) is 13.6 Å². The normalized spacial score (nSPS) is 22.1. The smallest absolute Gasteiger partial charge is 0.410 e. The molecule has 0 radical (unpaired) electrons. The molecule has 2 atom stereocenters. The number of hydrogen-bond acceptors (Lipinski definition) is 11. The predicted octanol–water partition coefficient (Wildman–Crippen LogP) is 2.06. The first-order valence-electron chi connectivity index (χ1n) is 19.2. The summed E-state index contributed by atoms with van der Waals surface area (Å²) in [6.07, 6.45) is 0.538. The van der Waals surface area contributed by atoms with Crippen molar-refractivity contribution < 1.29 is 47.1 Å². The van der Waals surface area contributed by atoms with Crippen LogP contribution in [0.15, 0.2) is 24.3 Å². The second-order valence-electron chi connectivity index (χ2n) is 15.9. The number of piperidine rings is 2.